The Kier molecular flexibility index (Phi) is 8.33. The summed E-state index contributed by atoms with van der Waals surface area (Å²) in [4.78, 5) is 12.8. The Morgan fingerprint density at radius 1 is 1.23 bits per heavy atom. The number of amides is 1. The Morgan fingerprint density at radius 2 is 1.93 bits per heavy atom. The van der Waals surface area contributed by atoms with Crippen molar-refractivity contribution in [1.29, 1.82) is 0 Å². The van der Waals surface area contributed by atoms with Crippen LogP contribution in [0.1, 0.15) is 20.8 Å². The lowest BCUT2D eigenvalue weighted by Gasteiger charge is -2.29. The topological polar surface area (TPSA) is 111 Å². The van der Waals surface area contributed by atoms with Gasteiger partial charge in [-0.05, 0) is 25.0 Å². The third-order valence-corrected chi connectivity index (χ3v) is 7.52. The van der Waals surface area contributed by atoms with Crippen LogP contribution in [-0.4, -0.2) is 56.8 Å². The molecule has 0 fully saturated rings. The number of hydrogen-bond acceptors (Lipinski definition) is 9. The molecule has 0 saturated carbocycles. The van der Waals surface area contributed by atoms with Crippen molar-refractivity contribution in [2.24, 2.45) is 5.92 Å². The molecule has 2 aromatic rings. The van der Waals surface area contributed by atoms with Gasteiger partial charge >= 0.3 is 0 Å². The van der Waals surface area contributed by atoms with Gasteiger partial charge in [0.25, 0.3) is 0 Å². The second-order valence-electron chi connectivity index (χ2n) is 6.84. The van der Waals surface area contributed by atoms with Crippen molar-refractivity contribution in [2.45, 2.75) is 31.2 Å². The minimum atomic E-state index is -3.82. The monoisotopic (exact) mass is 474 g/mol. The quantitative estimate of drug-likeness (QED) is 0.413. The van der Waals surface area contributed by atoms with Crippen LogP contribution in [0.2, 0.25) is 0 Å². The zero-order valence-corrected chi connectivity index (χ0v) is 20.2. The maximum Gasteiger partial charge on any atom is 0.249 e. The molecule has 2 rings (SSSR count). The number of thioether (sulfide) groups is 1. The van der Waals surface area contributed by atoms with Crippen LogP contribution in [0.3, 0.4) is 0 Å². The highest BCUT2D eigenvalue weighted by Gasteiger charge is 2.32. The molecule has 1 aromatic carbocycles. The minimum Gasteiger partial charge on any atom is -0.497 e. The zero-order chi connectivity index (χ0) is 22.5. The Bertz CT molecular complexity index is 978. The van der Waals surface area contributed by atoms with Gasteiger partial charge in [-0.1, -0.05) is 36.9 Å². The molecule has 166 valence electrons. The molecular weight excluding hydrogens is 448 g/mol. The second kappa shape index (κ2) is 10.3. The summed E-state index contributed by atoms with van der Waals surface area (Å²) >= 11 is 2.80. The Morgan fingerprint density at radius 3 is 2.50 bits per heavy atom. The lowest BCUT2D eigenvalue weighted by atomic mass is 10.2. The van der Waals surface area contributed by atoms with E-state index in [4.69, 9.17) is 9.47 Å². The van der Waals surface area contributed by atoms with E-state index in [9.17, 15) is 13.2 Å². The van der Waals surface area contributed by atoms with E-state index in [0.29, 0.717) is 22.5 Å². The van der Waals surface area contributed by atoms with E-state index in [-0.39, 0.29) is 5.69 Å². The van der Waals surface area contributed by atoms with Gasteiger partial charge in [0.15, 0.2) is 4.34 Å². The van der Waals surface area contributed by atoms with Crippen molar-refractivity contribution < 1.29 is 22.7 Å². The van der Waals surface area contributed by atoms with Crippen LogP contribution in [-0.2, 0) is 14.8 Å². The minimum absolute atomic E-state index is 0.201. The summed E-state index contributed by atoms with van der Waals surface area (Å²) in [5.41, 5.74) is 0.201. The number of carbonyl (C=O) groups is 1. The van der Waals surface area contributed by atoms with Crippen LogP contribution in [0.15, 0.2) is 22.5 Å². The number of nitrogens with zero attached hydrogens (tertiary/aromatic N) is 3. The van der Waals surface area contributed by atoms with Crippen molar-refractivity contribution in [3.05, 3.63) is 18.2 Å². The third-order valence-electron chi connectivity index (χ3n) is 3.89. The van der Waals surface area contributed by atoms with Gasteiger partial charge in [-0.2, -0.15) is 0 Å². The van der Waals surface area contributed by atoms with Gasteiger partial charge in [0.05, 0.1) is 26.2 Å². The van der Waals surface area contributed by atoms with Crippen LogP contribution in [0.4, 0.5) is 10.8 Å². The van der Waals surface area contributed by atoms with E-state index < -0.39 is 22.0 Å². The second-order valence-corrected chi connectivity index (χ2v) is 10.9. The summed E-state index contributed by atoms with van der Waals surface area (Å²) in [6.07, 6.45) is 1.03. The number of ether oxygens (including phenoxy) is 2. The summed E-state index contributed by atoms with van der Waals surface area (Å²) in [6.45, 7) is 5.70. The van der Waals surface area contributed by atoms with E-state index >= 15 is 0 Å². The summed E-state index contributed by atoms with van der Waals surface area (Å²) in [7, 11) is -0.931. The van der Waals surface area contributed by atoms with Crippen LogP contribution < -0.4 is 19.1 Å². The maximum absolute atomic E-state index is 12.8. The highest BCUT2D eigenvalue weighted by atomic mass is 32.2. The highest BCUT2D eigenvalue weighted by Crippen LogP contribution is 2.35. The molecule has 1 amide bonds. The number of hydrogen-bond donors (Lipinski definition) is 1. The average Bonchev–Trinajstić information content (AvgIpc) is 3.12. The number of sulfonamides is 1. The van der Waals surface area contributed by atoms with Crippen molar-refractivity contribution in [2.75, 3.05) is 35.9 Å². The normalized spacial score (nSPS) is 12.5. The number of benzene rings is 1. The fraction of sp³-hybridized carbons (Fsp3) is 0.500. The van der Waals surface area contributed by atoms with Crippen LogP contribution in [0.25, 0.3) is 0 Å². The smallest absolute Gasteiger partial charge is 0.249 e. The average molecular weight is 475 g/mol. The van der Waals surface area contributed by atoms with E-state index in [1.807, 2.05) is 0 Å². The van der Waals surface area contributed by atoms with Gasteiger partial charge in [-0.3, -0.25) is 14.4 Å². The molecule has 1 heterocycles. The molecule has 0 aliphatic rings. The first-order chi connectivity index (χ1) is 14.1. The Hall–Kier alpha value is -2.05. The third kappa shape index (κ3) is 6.22. The van der Waals surface area contributed by atoms with Crippen LogP contribution in [0.5, 0.6) is 11.5 Å². The SMILES string of the molecule is COc1ccc(OC)c(N([C@H](C)C(=O)Nc2nnc(SCC(C)C)s2)S(C)(=O)=O)c1. The summed E-state index contributed by atoms with van der Waals surface area (Å²) in [5, 5.41) is 11.0. The van der Waals surface area contributed by atoms with Gasteiger partial charge < -0.3 is 9.47 Å². The van der Waals surface area contributed by atoms with Crippen molar-refractivity contribution in [1.82, 2.24) is 10.2 Å². The number of methoxy groups -OCH3 is 2. The zero-order valence-electron chi connectivity index (χ0n) is 17.7. The number of carbonyl (C=O) groups excluding carboxylic acids is 1. The number of nitrogens with one attached hydrogen (secondary N) is 1. The first-order valence-electron chi connectivity index (χ1n) is 9.05. The fourth-order valence-corrected chi connectivity index (χ4v) is 5.42. The van der Waals surface area contributed by atoms with E-state index in [2.05, 4.69) is 29.4 Å². The molecule has 0 unspecified atom stereocenters. The molecule has 0 saturated heterocycles. The maximum atomic E-state index is 12.8. The van der Waals surface area contributed by atoms with Gasteiger partial charge in [-0.25, -0.2) is 8.42 Å². The molecular formula is C18H26N4O5S3. The molecule has 0 aliphatic carbocycles. The summed E-state index contributed by atoms with van der Waals surface area (Å²) < 4.78 is 37.4. The lowest BCUT2D eigenvalue weighted by molar-refractivity contribution is -0.116. The Balaban J connectivity index is 2.28. The van der Waals surface area contributed by atoms with Crippen molar-refractivity contribution in [3.8, 4) is 11.5 Å². The molecule has 1 N–H and O–H groups in total. The molecule has 12 heteroatoms. The molecule has 0 bridgehead atoms. The predicted molar refractivity (Wildman–Crippen MR) is 120 cm³/mol. The lowest BCUT2D eigenvalue weighted by Crippen LogP contribution is -2.45. The predicted octanol–water partition coefficient (Wildman–Crippen LogP) is 3.10. The Labute approximate surface area is 185 Å². The first kappa shape index (κ1) is 24.2. The van der Waals surface area contributed by atoms with Crippen molar-refractivity contribution in [3.63, 3.8) is 0 Å². The molecule has 1 aromatic heterocycles. The molecule has 0 spiro atoms. The summed E-state index contributed by atoms with van der Waals surface area (Å²) in [6, 6.07) is 3.66. The molecule has 9 nitrogen and oxygen atoms in total. The van der Waals surface area contributed by atoms with Crippen LogP contribution >= 0.6 is 23.1 Å². The molecule has 0 aliphatic heterocycles. The van der Waals surface area contributed by atoms with E-state index in [1.54, 1.807) is 23.9 Å². The largest absolute Gasteiger partial charge is 0.497 e. The van der Waals surface area contributed by atoms with E-state index in [1.165, 1.54) is 38.5 Å². The van der Waals surface area contributed by atoms with Gasteiger partial charge in [0.2, 0.25) is 21.1 Å². The van der Waals surface area contributed by atoms with Crippen LogP contribution in [0, 0.1) is 5.92 Å². The van der Waals surface area contributed by atoms with Gasteiger partial charge in [0, 0.05) is 11.8 Å². The number of anilines is 2. The molecule has 0 radical (unpaired) electrons. The fourth-order valence-electron chi connectivity index (χ4n) is 2.52. The van der Waals surface area contributed by atoms with Crippen molar-refractivity contribution >= 4 is 49.8 Å². The standard InChI is InChI=1S/C18H26N4O5S3/c1-11(2)10-28-18-21-20-17(29-18)19-16(23)12(3)22(30(6,24)25)14-9-13(26-4)7-8-15(14)27-5/h7-9,11-12H,10H2,1-6H3,(H,19,20,23)/t12-/m1/s1. The van der Waals surface area contributed by atoms with Gasteiger partial charge in [-0.15, -0.1) is 10.2 Å². The number of aromatic nitrogens is 2. The first-order valence-corrected chi connectivity index (χ1v) is 12.7. The van der Waals surface area contributed by atoms with Gasteiger partial charge in [0.1, 0.15) is 17.5 Å². The molecule has 30 heavy (non-hydrogen) atoms. The molecule has 1 atom stereocenters. The number of rotatable bonds is 10. The van der Waals surface area contributed by atoms with E-state index in [0.717, 1.165) is 20.7 Å². The summed E-state index contributed by atoms with van der Waals surface area (Å²) in [5.74, 6) is 1.57. The highest BCUT2D eigenvalue weighted by molar-refractivity contribution is 8.01.